The molecular weight excluding hydrogens is 284 g/mol. The van der Waals surface area contributed by atoms with Crippen LogP contribution in [0.4, 0.5) is 0 Å². The summed E-state index contributed by atoms with van der Waals surface area (Å²) in [6.07, 6.45) is 0.687. The van der Waals surface area contributed by atoms with E-state index in [2.05, 4.69) is 4.98 Å². The fraction of sp³-hybridized carbons (Fsp3) is 0.312. The van der Waals surface area contributed by atoms with Crippen LogP contribution in [-0.2, 0) is 17.8 Å². The average Bonchev–Trinajstić information content (AvgIpc) is 2.86. The van der Waals surface area contributed by atoms with Crippen molar-refractivity contribution in [2.24, 2.45) is 5.92 Å². The van der Waals surface area contributed by atoms with Gasteiger partial charge in [-0.1, -0.05) is 24.3 Å². The molecule has 0 fully saturated rings. The third kappa shape index (κ3) is 2.26. The van der Waals surface area contributed by atoms with Gasteiger partial charge in [0, 0.05) is 18.5 Å². The van der Waals surface area contributed by atoms with E-state index < -0.39 is 17.9 Å². The zero-order valence-corrected chi connectivity index (χ0v) is 12.1. The molecule has 0 saturated carbocycles. The van der Waals surface area contributed by atoms with E-state index in [4.69, 9.17) is 0 Å². The van der Waals surface area contributed by atoms with Crippen molar-refractivity contribution in [3.63, 3.8) is 0 Å². The van der Waals surface area contributed by atoms with Gasteiger partial charge >= 0.3 is 11.9 Å². The van der Waals surface area contributed by atoms with Crippen LogP contribution in [0, 0.1) is 12.8 Å². The number of benzene rings is 1. The molecule has 0 bridgehead atoms. The van der Waals surface area contributed by atoms with E-state index in [0.717, 1.165) is 11.1 Å². The lowest BCUT2D eigenvalue weighted by molar-refractivity contribution is -0.142. The predicted octanol–water partition coefficient (Wildman–Crippen LogP) is 2.20. The standard InChI is InChI=1S/C16H16N2O4/c1-9-4-2-3-5-11(9)14-17-13(16(21)22)12-8-10(15(19)20)6-7-18(12)14/h2-5,10H,6-8H2,1H3,(H,19,20)(H,21,22). The van der Waals surface area contributed by atoms with E-state index in [1.807, 2.05) is 35.8 Å². The molecule has 6 nitrogen and oxygen atoms in total. The number of nitrogens with zero attached hydrogens (tertiary/aromatic N) is 2. The minimum absolute atomic E-state index is 0.0378. The maximum Gasteiger partial charge on any atom is 0.356 e. The molecule has 1 aliphatic heterocycles. The largest absolute Gasteiger partial charge is 0.481 e. The molecule has 1 atom stereocenters. The van der Waals surface area contributed by atoms with Crippen LogP contribution in [0.3, 0.4) is 0 Å². The van der Waals surface area contributed by atoms with Crippen LogP contribution in [0.15, 0.2) is 24.3 Å². The molecule has 0 saturated heterocycles. The monoisotopic (exact) mass is 300 g/mol. The lowest BCUT2D eigenvalue weighted by atomic mass is 9.95. The molecule has 6 heteroatoms. The fourth-order valence-corrected chi connectivity index (χ4v) is 2.97. The Hall–Kier alpha value is -2.63. The number of rotatable bonds is 3. The van der Waals surface area contributed by atoms with Gasteiger partial charge in [0.1, 0.15) is 5.82 Å². The summed E-state index contributed by atoms with van der Waals surface area (Å²) in [5.41, 5.74) is 2.35. The Bertz CT molecular complexity index is 764. The summed E-state index contributed by atoms with van der Waals surface area (Å²) in [5, 5.41) is 18.6. The van der Waals surface area contributed by atoms with Gasteiger partial charge < -0.3 is 14.8 Å². The quantitative estimate of drug-likeness (QED) is 0.906. The van der Waals surface area contributed by atoms with Crippen molar-refractivity contribution < 1.29 is 19.8 Å². The molecule has 3 rings (SSSR count). The maximum atomic E-state index is 11.5. The second kappa shape index (κ2) is 5.29. The number of carboxylic acid groups (broad SMARTS) is 2. The van der Waals surface area contributed by atoms with Gasteiger partial charge in [-0.2, -0.15) is 0 Å². The van der Waals surface area contributed by atoms with Crippen LogP contribution in [-0.4, -0.2) is 31.7 Å². The topological polar surface area (TPSA) is 92.4 Å². The van der Waals surface area contributed by atoms with Crippen molar-refractivity contribution >= 4 is 11.9 Å². The molecule has 1 aliphatic rings. The molecule has 2 aromatic rings. The molecule has 2 N–H and O–H groups in total. The predicted molar refractivity (Wildman–Crippen MR) is 78.8 cm³/mol. The van der Waals surface area contributed by atoms with Crippen LogP contribution in [0.1, 0.15) is 28.2 Å². The molecule has 22 heavy (non-hydrogen) atoms. The lowest BCUT2D eigenvalue weighted by Gasteiger charge is -2.22. The number of imidazole rings is 1. The molecule has 1 aromatic carbocycles. The molecule has 2 heterocycles. The number of aromatic carboxylic acids is 1. The van der Waals surface area contributed by atoms with Crippen molar-refractivity contribution in [2.45, 2.75) is 26.3 Å². The molecular formula is C16H16N2O4. The minimum atomic E-state index is -1.12. The zero-order valence-electron chi connectivity index (χ0n) is 12.1. The summed E-state index contributed by atoms with van der Waals surface area (Å²) < 4.78 is 1.85. The SMILES string of the molecule is Cc1ccccc1-c1nc(C(=O)O)c2n1CCC(C(=O)O)C2. The smallest absolute Gasteiger partial charge is 0.356 e. The summed E-state index contributed by atoms with van der Waals surface area (Å²) >= 11 is 0. The first kappa shape index (κ1) is 14.3. The molecule has 0 aliphatic carbocycles. The summed E-state index contributed by atoms with van der Waals surface area (Å²) in [5.74, 6) is -1.95. The number of fused-ring (bicyclic) bond motifs is 1. The normalized spacial score (nSPS) is 17.0. The van der Waals surface area contributed by atoms with Gasteiger partial charge in [0.05, 0.1) is 11.6 Å². The fourth-order valence-electron chi connectivity index (χ4n) is 2.97. The number of carbonyl (C=O) groups is 2. The van der Waals surface area contributed by atoms with Crippen molar-refractivity contribution in [2.75, 3.05) is 0 Å². The second-order valence-electron chi connectivity index (χ2n) is 5.53. The van der Waals surface area contributed by atoms with Gasteiger partial charge in [-0.15, -0.1) is 0 Å². The molecule has 1 unspecified atom stereocenters. The van der Waals surface area contributed by atoms with Gasteiger partial charge in [-0.25, -0.2) is 9.78 Å². The van der Waals surface area contributed by atoms with Gasteiger partial charge in [0.25, 0.3) is 0 Å². The van der Waals surface area contributed by atoms with Gasteiger partial charge in [-0.05, 0) is 18.9 Å². The minimum Gasteiger partial charge on any atom is -0.481 e. The Labute approximate surface area is 127 Å². The number of aryl methyl sites for hydroxylation is 1. The number of aromatic nitrogens is 2. The number of aliphatic carboxylic acids is 1. The van der Waals surface area contributed by atoms with Crippen LogP contribution in [0.5, 0.6) is 0 Å². The summed E-state index contributed by atoms with van der Waals surface area (Å²) in [6, 6.07) is 7.64. The highest BCUT2D eigenvalue weighted by Gasteiger charge is 2.32. The van der Waals surface area contributed by atoms with Crippen molar-refractivity contribution in [3.05, 3.63) is 41.2 Å². The van der Waals surface area contributed by atoms with Crippen LogP contribution in [0.25, 0.3) is 11.4 Å². The highest BCUT2D eigenvalue weighted by atomic mass is 16.4. The highest BCUT2D eigenvalue weighted by molar-refractivity contribution is 5.88. The van der Waals surface area contributed by atoms with Crippen molar-refractivity contribution in [1.82, 2.24) is 9.55 Å². The Kier molecular flexibility index (Phi) is 3.44. The summed E-state index contributed by atoms with van der Waals surface area (Å²) in [7, 11) is 0. The first-order chi connectivity index (χ1) is 10.5. The average molecular weight is 300 g/mol. The van der Waals surface area contributed by atoms with Crippen LogP contribution in [0.2, 0.25) is 0 Å². The highest BCUT2D eigenvalue weighted by Crippen LogP contribution is 2.31. The Morgan fingerprint density at radius 1 is 1.27 bits per heavy atom. The zero-order chi connectivity index (χ0) is 15.9. The van der Waals surface area contributed by atoms with Gasteiger partial charge in [0.15, 0.2) is 5.69 Å². The van der Waals surface area contributed by atoms with E-state index in [0.29, 0.717) is 24.5 Å². The molecule has 0 spiro atoms. The maximum absolute atomic E-state index is 11.5. The third-order valence-electron chi connectivity index (χ3n) is 4.15. The molecule has 114 valence electrons. The van der Waals surface area contributed by atoms with Crippen LogP contribution >= 0.6 is 0 Å². The Morgan fingerprint density at radius 3 is 2.64 bits per heavy atom. The first-order valence-electron chi connectivity index (χ1n) is 7.10. The molecule has 0 amide bonds. The van der Waals surface area contributed by atoms with Gasteiger partial charge in [0.2, 0.25) is 0 Å². The van der Waals surface area contributed by atoms with Crippen LogP contribution < -0.4 is 0 Å². The molecule has 0 radical (unpaired) electrons. The van der Waals surface area contributed by atoms with Crippen molar-refractivity contribution in [3.8, 4) is 11.4 Å². The summed E-state index contributed by atoms with van der Waals surface area (Å²) in [4.78, 5) is 26.9. The Balaban J connectivity index is 2.15. The molecule has 1 aromatic heterocycles. The van der Waals surface area contributed by atoms with E-state index in [1.54, 1.807) is 0 Å². The lowest BCUT2D eigenvalue weighted by Crippen LogP contribution is -2.26. The van der Waals surface area contributed by atoms with E-state index in [9.17, 15) is 19.8 Å². The van der Waals surface area contributed by atoms with E-state index >= 15 is 0 Å². The first-order valence-corrected chi connectivity index (χ1v) is 7.10. The number of carboxylic acids is 2. The second-order valence-corrected chi connectivity index (χ2v) is 5.53. The third-order valence-corrected chi connectivity index (χ3v) is 4.15. The van der Waals surface area contributed by atoms with E-state index in [1.165, 1.54) is 0 Å². The van der Waals surface area contributed by atoms with E-state index in [-0.39, 0.29) is 12.1 Å². The summed E-state index contributed by atoms with van der Waals surface area (Å²) in [6.45, 7) is 2.41. The van der Waals surface area contributed by atoms with Crippen molar-refractivity contribution in [1.29, 1.82) is 0 Å². The van der Waals surface area contributed by atoms with Gasteiger partial charge in [-0.3, -0.25) is 4.79 Å². The number of hydrogen-bond donors (Lipinski definition) is 2. The Morgan fingerprint density at radius 2 is 2.00 bits per heavy atom. The number of hydrogen-bond acceptors (Lipinski definition) is 3.